The summed E-state index contributed by atoms with van der Waals surface area (Å²) in [6, 6.07) is -0.466. The van der Waals surface area contributed by atoms with Gasteiger partial charge in [0, 0.05) is 12.6 Å². The van der Waals surface area contributed by atoms with Gasteiger partial charge in [-0.05, 0) is 19.3 Å². The van der Waals surface area contributed by atoms with Crippen molar-refractivity contribution in [3.8, 4) is 0 Å². The molecule has 1 unspecified atom stereocenters. The second kappa shape index (κ2) is 7.54. The number of carbonyl (C=O) groups excluding carboxylic acids is 3. The monoisotopic (exact) mass is 295 g/mol. The fourth-order valence-electron chi connectivity index (χ4n) is 3.08. The number of rotatable bonds is 6. The van der Waals surface area contributed by atoms with E-state index >= 15 is 0 Å². The molecular formula is C15H25N3O3. The Labute approximate surface area is 125 Å². The minimum absolute atomic E-state index is 0.0690. The third-order valence-electron chi connectivity index (χ3n) is 4.20. The zero-order valence-electron chi connectivity index (χ0n) is 12.7. The Balaban J connectivity index is 1.84. The van der Waals surface area contributed by atoms with Crippen LogP contribution in [0.3, 0.4) is 0 Å². The van der Waals surface area contributed by atoms with Gasteiger partial charge in [-0.15, -0.1) is 0 Å². The van der Waals surface area contributed by atoms with Crippen LogP contribution in [0.15, 0.2) is 0 Å². The molecule has 2 N–H and O–H groups in total. The van der Waals surface area contributed by atoms with Crippen LogP contribution in [-0.2, 0) is 14.4 Å². The second-order valence-corrected chi connectivity index (χ2v) is 5.88. The predicted octanol–water partition coefficient (Wildman–Crippen LogP) is 0.562. The van der Waals surface area contributed by atoms with Gasteiger partial charge in [-0.2, -0.15) is 0 Å². The highest BCUT2D eigenvalue weighted by Gasteiger charge is 2.42. The zero-order chi connectivity index (χ0) is 15.2. The molecule has 1 heterocycles. The first kappa shape index (κ1) is 15.9. The first-order chi connectivity index (χ1) is 10.1. The Morgan fingerprint density at radius 3 is 2.62 bits per heavy atom. The van der Waals surface area contributed by atoms with Crippen LogP contribution in [-0.4, -0.2) is 47.8 Å². The lowest BCUT2D eigenvalue weighted by Gasteiger charge is -2.29. The maximum Gasteiger partial charge on any atom is 0.247 e. The van der Waals surface area contributed by atoms with Crippen molar-refractivity contribution in [2.24, 2.45) is 0 Å². The van der Waals surface area contributed by atoms with E-state index in [0.717, 1.165) is 32.1 Å². The third kappa shape index (κ3) is 4.03. The molecular weight excluding hydrogens is 270 g/mol. The van der Waals surface area contributed by atoms with E-state index in [9.17, 15) is 14.4 Å². The lowest BCUT2D eigenvalue weighted by molar-refractivity contribution is -0.142. The van der Waals surface area contributed by atoms with Gasteiger partial charge in [-0.3, -0.25) is 24.6 Å². The first-order valence-corrected chi connectivity index (χ1v) is 7.99. The van der Waals surface area contributed by atoms with Crippen molar-refractivity contribution in [3.05, 3.63) is 0 Å². The van der Waals surface area contributed by atoms with Gasteiger partial charge in [0.05, 0.1) is 19.0 Å². The van der Waals surface area contributed by atoms with Gasteiger partial charge in [-0.25, -0.2) is 0 Å². The van der Waals surface area contributed by atoms with E-state index in [4.69, 9.17) is 0 Å². The molecule has 1 aliphatic carbocycles. The van der Waals surface area contributed by atoms with Crippen molar-refractivity contribution >= 4 is 17.7 Å². The maximum atomic E-state index is 12.4. The average Bonchev–Trinajstić information content (AvgIpc) is 2.78. The quantitative estimate of drug-likeness (QED) is 0.702. The van der Waals surface area contributed by atoms with Gasteiger partial charge in [0.2, 0.25) is 17.7 Å². The largest absolute Gasteiger partial charge is 0.355 e. The SMILES string of the molecule is CCCNC(=O)CNC1CC(=O)N(C2CCCCC2)C1=O. The molecule has 1 saturated heterocycles. The standard InChI is InChI=1S/C15H25N3O3/c1-2-8-16-13(19)10-17-12-9-14(20)18(15(12)21)11-6-4-3-5-7-11/h11-12,17H,2-10H2,1H3,(H,16,19). The summed E-state index contributed by atoms with van der Waals surface area (Å²) in [4.78, 5) is 37.4. The smallest absolute Gasteiger partial charge is 0.247 e. The number of hydrogen-bond donors (Lipinski definition) is 2. The Kier molecular flexibility index (Phi) is 5.73. The molecule has 0 aromatic heterocycles. The Morgan fingerprint density at radius 2 is 1.95 bits per heavy atom. The van der Waals surface area contributed by atoms with Gasteiger partial charge in [0.15, 0.2) is 0 Å². The van der Waals surface area contributed by atoms with E-state index in [2.05, 4.69) is 10.6 Å². The van der Waals surface area contributed by atoms with Gasteiger partial charge < -0.3 is 5.32 Å². The first-order valence-electron chi connectivity index (χ1n) is 7.99. The van der Waals surface area contributed by atoms with E-state index in [1.54, 1.807) is 0 Å². The molecule has 1 saturated carbocycles. The second-order valence-electron chi connectivity index (χ2n) is 5.88. The predicted molar refractivity (Wildman–Crippen MR) is 78.4 cm³/mol. The number of carbonyl (C=O) groups is 3. The van der Waals surface area contributed by atoms with E-state index < -0.39 is 6.04 Å². The molecule has 0 radical (unpaired) electrons. The van der Waals surface area contributed by atoms with Crippen LogP contribution >= 0.6 is 0 Å². The maximum absolute atomic E-state index is 12.4. The highest BCUT2D eigenvalue weighted by Crippen LogP contribution is 2.27. The van der Waals surface area contributed by atoms with E-state index in [1.807, 2.05) is 6.92 Å². The molecule has 0 aromatic carbocycles. The lowest BCUT2D eigenvalue weighted by atomic mass is 9.94. The van der Waals surface area contributed by atoms with Crippen LogP contribution in [0.2, 0.25) is 0 Å². The molecule has 6 nitrogen and oxygen atoms in total. The van der Waals surface area contributed by atoms with Crippen molar-refractivity contribution in [1.29, 1.82) is 0 Å². The Hall–Kier alpha value is -1.43. The Morgan fingerprint density at radius 1 is 1.24 bits per heavy atom. The zero-order valence-corrected chi connectivity index (χ0v) is 12.7. The highest BCUT2D eigenvalue weighted by atomic mass is 16.2. The van der Waals surface area contributed by atoms with Crippen molar-refractivity contribution in [1.82, 2.24) is 15.5 Å². The number of hydrogen-bond acceptors (Lipinski definition) is 4. The van der Waals surface area contributed by atoms with Crippen molar-refractivity contribution < 1.29 is 14.4 Å². The fraction of sp³-hybridized carbons (Fsp3) is 0.800. The van der Waals surface area contributed by atoms with Crippen LogP contribution in [0.25, 0.3) is 0 Å². The molecule has 21 heavy (non-hydrogen) atoms. The van der Waals surface area contributed by atoms with Crippen LogP contribution in [0.5, 0.6) is 0 Å². The summed E-state index contributed by atoms with van der Waals surface area (Å²) in [6.45, 7) is 2.70. The molecule has 1 atom stereocenters. The summed E-state index contributed by atoms with van der Waals surface area (Å²) in [5.74, 6) is -0.387. The van der Waals surface area contributed by atoms with E-state index in [-0.39, 0.29) is 36.7 Å². The van der Waals surface area contributed by atoms with Crippen LogP contribution < -0.4 is 10.6 Å². The average molecular weight is 295 g/mol. The molecule has 2 aliphatic rings. The van der Waals surface area contributed by atoms with Crippen LogP contribution in [0.4, 0.5) is 0 Å². The number of nitrogens with one attached hydrogen (secondary N) is 2. The normalized spacial score (nSPS) is 23.7. The molecule has 6 heteroatoms. The minimum atomic E-state index is -0.535. The Bertz CT molecular complexity index is 405. The molecule has 2 rings (SSSR count). The molecule has 1 aliphatic heterocycles. The molecule has 0 bridgehead atoms. The lowest BCUT2D eigenvalue weighted by Crippen LogP contribution is -2.46. The molecule has 2 fully saturated rings. The number of imide groups is 1. The summed E-state index contributed by atoms with van der Waals surface area (Å²) in [7, 11) is 0. The third-order valence-corrected chi connectivity index (χ3v) is 4.20. The van der Waals surface area contributed by atoms with Crippen molar-refractivity contribution in [2.45, 2.75) is 64.0 Å². The summed E-state index contributed by atoms with van der Waals surface area (Å²) in [6.07, 6.45) is 6.24. The van der Waals surface area contributed by atoms with Crippen LogP contribution in [0, 0.1) is 0 Å². The van der Waals surface area contributed by atoms with Crippen molar-refractivity contribution in [3.63, 3.8) is 0 Å². The molecule has 0 spiro atoms. The minimum Gasteiger partial charge on any atom is -0.355 e. The summed E-state index contributed by atoms with van der Waals surface area (Å²) in [5, 5.41) is 5.66. The van der Waals surface area contributed by atoms with Gasteiger partial charge in [0.25, 0.3) is 0 Å². The van der Waals surface area contributed by atoms with E-state index in [0.29, 0.717) is 6.54 Å². The van der Waals surface area contributed by atoms with Crippen molar-refractivity contribution in [2.75, 3.05) is 13.1 Å². The number of nitrogens with zero attached hydrogens (tertiary/aromatic N) is 1. The number of likely N-dealkylation sites (tertiary alicyclic amines) is 1. The molecule has 3 amide bonds. The molecule has 0 aromatic rings. The van der Waals surface area contributed by atoms with Crippen LogP contribution in [0.1, 0.15) is 51.9 Å². The summed E-state index contributed by atoms with van der Waals surface area (Å²) >= 11 is 0. The summed E-state index contributed by atoms with van der Waals surface area (Å²) in [5.41, 5.74) is 0. The fourth-order valence-corrected chi connectivity index (χ4v) is 3.08. The van der Waals surface area contributed by atoms with Gasteiger partial charge >= 0.3 is 0 Å². The highest BCUT2D eigenvalue weighted by molar-refractivity contribution is 6.06. The van der Waals surface area contributed by atoms with Gasteiger partial charge in [-0.1, -0.05) is 26.2 Å². The van der Waals surface area contributed by atoms with Gasteiger partial charge in [0.1, 0.15) is 0 Å². The van der Waals surface area contributed by atoms with E-state index in [1.165, 1.54) is 11.3 Å². The molecule has 118 valence electrons. The summed E-state index contributed by atoms with van der Waals surface area (Å²) < 4.78 is 0. The topological polar surface area (TPSA) is 78.5 Å². The number of amides is 3.